The molecule has 0 unspecified atom stereocenters. The number of nitrogens with zero attached hydrogens (tertiary/aromatic N) is 3. The highest BCUT2D eigenvalue weighted by molar-refractivity contribution is 7.99. The van der Waals surface area contributed by atoms with Gasteiger partial charge in [0, 0.05) is 10.9 Å². The standard InChI is InChI=1S/C17H14N4O2S2/c22-16(11-25-17-19-13-5-1-2-6-14(13)23-17)20-15-7-8-18-21(15)10-12-4-3-9-24-12/h1-9H,10-11H2,(H,20,22). The molecule has 0 radical (unpaired) electrons. The van der Waals surface area contributed by atoms with Crippen molar-refractivity contribution in [3.8, 4) is 0 Å². The third kappa shape index (κ3) is 3.75. The fraction of sp³-hybridized carbons (Fsp3) is 0.118. The molecule has 4 rings (SSSR count). The lowest BCUT2D eigenvalue weighted by molar-refractivity contribution is -0.113. The second-order valence-corrected chi connectivity index (χ2v) is 7.20. The van der Waals surface area contributed by atoms with Crippen LogP contribution >= 0.6 is 23.1 Å². The van der Waals surface area contributed by atoms with E-state index >= 15 is 0 Å². The molecule has 0 aliphatic rings. The Morgan fingerprint density at radius 2 is 2.16 bits per heavy atom. The van der Waals surface area contributed by atoms with E-state index < -0.39 is 0 Å². The van der Waals surface area contributed by atoms with E-state index in [0.29, 0.717) is 17.6 Å². The van der Waals surface area contributed by atoms with Crippen LogP contribution in [0.1, 0.15) is 4.88 Å². The van der Waals surface area contributed by atoms with Crippen molar-refractivity contribution in [3.63, 3.8) is 0 Å². The monoisotopic (exact) mass is 370 g/mol. The quantitative estimate of drug-likeness (QED) is 0.522. The maximum atomic E-state index is 12.2. The highest BCUT2D eigenvalue weighted by atomic mass is 32.2. The summed E-state index contributed by atoms with van der Waals surface area (Å²) < 4.78 is 7.37. The van der Waals surface area contributed by atoms with Gasteiger partial charge in [-0.05, 0) is 23.6 Å². The molecule has 6 nitrogen and oxygen atoms in total. The first kappa shape index (κ1) is 15.9. The Bertz CT molecular complexity index is 958. The summed E-state index contributed by atoms with van der Waals surface area (Å²) in [5, 5.41) is 9.66. The number of amides is 1. The first-order valence-electron chi connectivity index (χ1n) is 7.60. The Morgan fingerprint density at radius 3 is 3.00 bits per heavy atom. The van der Waals surface area contributed by atoms with E-state index in [2.05, 4.69) is 15.4 Å². The molecule has 1 aromatic carbocycles. The number of thiophene rings is 1. The molecule has 0 spiro atoms. The molecule has 0 saturated carbocycles. The fourth-order valence-corrected chi connectivity index (χ4v) is 3.66. The van der Waals surface area contributed by atoms with Crippen molar-refractivity contribution >= 4 is 45.9 Å². The largest absolute Gasteiger partial charge is 0.431 e. The van der Waals surface area contributed by atoms with Gasteiger partial charge in [-0.15, -0.1) is 11.3 Å². The summed E-state index contributed by atoms with van der Waals surface area (Å²) in [6.45, 7) is 0.637. The first-order chi connectivity index (χ1) is 12.3. The number of aromatic nitrogens is 3. The van der Waals surface area contributed by atoms with Crippen LogP contribution in [0.3, 0.4) is 0 Å². The van der Waals surface area contributed by atoms with Gasteiger partial charge < -0.3 is 9.73 Å². The summed E-state index contributed by atoms with van der Waals surface area (Å²) in [6, 6.07) is 13.4. The highest BCUT2D eigenvalue weighted by Crippen LogP contribution is 2.23. The van der Waals surface area contributed by atoms with Gasteiger partial charge in [0.25, 0.3) is 5.22 Å². The molecular weight excluding hydrogens is 356 g/mol. The zero-order valence-electron chi connectivity index (χ0n) is 13.1. The molecule has 1 amide bonds. The minimum atomic E-state index is -0.125. The Hall–Kier alpha value is -2.58. The van der Waals surface area contributed by atoms with Gasteiger partial charge in [-0.3, -0.25) is 4.79 Å². The van der Waals surface area contributed by atoms with Gasteiger partial charge in [0.2, 0.25) is 5.91 Å². The number of hydrogen-bond donors (Lipinski definition) is 1. The van der Waals surface area contributed by atoms with Crippen molar-refractivity contribution in [2.24, 2.45) is 0 Å². The van der Waals surface area contributed by atoms with Crippen LogP contribution in [0, 0.1) is 0 Å². The summed E-state index contributed by atoms with van der Waals surface area (Å²) in [7, 11) is 0. The Labute approximate surface area is 151 Å². The number of para-hydroxylation sites is 2. The van der Waals surface area contributed by atoms with Gasteiger partial charge in [-0.2, -0.15) is 5.10 Å². The molecule has 0 aliphatic carbocycles. The lowest BCUT2D eigenvalue weighted by Crippen LogP contribution is -2.17. The summed E-state index contributed by atoms with van der Waals surface area (Å²) in [4.78, 5) is 17.7. The third-order valence-electron chi connectivity index (χ3n) is 3.47. The summed E-state index contributed by atoms with van der Waals surface area (Å²) in [5.74, 6) is 0.772. The van der Waals surface area contributed by atoms with E-state index in [1.54, 1.807) is 28.3 Å². The molecule has 0 bridgehead atoms. The average Bonchev–Trinajstić information content (AvgIpc) is 3.34. The number of carbonyl (C=O) groups excluding carboxylic acids is 1. The second kappa shape index (κ2) is 7.12. The summed E-state index contributed by atoms with van der Waals surface area (Å²) in [5.41, 5.74) is 1.51. The molecule has 1 N–H and O–H groups in total. The van der Waals surface area contributed by atoms with Crippen molar-refractivity contribution in [2.45, 2.75) is 11.8 Å². The lowest BCUT2D eigenvalue weighted by Gasteiger charge is -2.07. The molecule has 3 heterocycles. The van der Waals surface area contributed by atoms with E-state index in [4.69, 9.17) is 4.42 Å². The Kier molecular flexibility index (Phi) is 4.53. The topological polar surface area (TPSA) is 73.0 Å². The number of oxazole rings is 1. The second-order valence-electron chi connectivity index (χ2n) is 5.24. The number of carbonyl (C=O) groups is 1. The molecule has 3 aromatic heterocycles. The average molecular weight is 370 g/mol. The maximum Gasteiger partial charge on any atom is 0.257 e. The molecule has 25 heavy (non-hydrogen) atoms. The van der Waals surface area contributed by atoms with Gasteiger partial charge in [-0.25, -0.2) is 9.67 Å². The van der Waals surface area contributed by atoms with Crippen molar-refractivity contribution < 1.29 is 9.21 Å². The van der Waals surface area contributed by atoms with E-state index in [0.717, 1.165) is 11.1 Å². The van der Waals surface area contributed by atoms with Crippen LogP contribution < -0.4 is 5.32 Å². The van der Waals surface area contributed by atoms with Gasteiger partial charge in [0.1, 0.15) is 11.3 Å². The number of rotatable bonds is 6. The number of benzene rings is 1. The molecule has 8 heteroatoms. The van der Waals surface area contributed by atoms with Crippen LogP contribution in [0.4, 0.5) is 5.82 Å². The van der Waals surface area contributed by atoms with Crippen LogP contribution in [0.25, 0.3) is 11.1 Å². The number of anilines is 1. The number of thioether (sulfide) groups is 1. The fourth-order valence-electron chi connectivity index (χ4n) is 2.33. The van der Waals surface area contributed by atoms with Crippen LogP contribution in [0.5, 0.6) is 0 Å². The van der Waals surface area contributed by atoms with E-state index in [1.807, 2.05) is 41.8 Å². The van der Waals surface area contributed by atoms with Gasteiger partial charge >= 0.3 is 0 Å². The highest BCUT2D eigenvalue weighted by Gasteiger charge is 2.11. The van der Waals surface area contributed by atoms with Crippen molar-refractivity contribution in [1.29, 1.82) is 0 Å². The normalized spacial score (nSPS) is 11.0. The molecule has 0 aliphatic heterocycles. The number of nitrogens with one attached hydrogen (secondary N) is 1. The summed E-state index contributed by atoms with van der Waals surface area (Å²) >= 11 is 2.93. The van der Waals surface area contributed by atoms with Crippen LogP contribution in [-0.4, -0.2) is 26.4 Å². The lowest BCUT2D eigenvalue weighted by atomic mass is 10.3. The number of fused-ring (bicyclic) bond motifs is 1. The van der Waals surface area contributed by atoms with Crippen LogP contribution in [-0.2, 0) is 11.3 Å². The predicted molar refractivity (Wildman–Crippen MR) is 99.0 cm³/mol. The minimum Gasteiger partial charge on any atom is -0.431 e. The molecule has 0 fully saturated rings. The SMILES string of the molecule is O=C(CSc1nc2ccccc2o1)Nc1ccnn1Cc1cccs1. The molecule has 126 valence electrons. The summed E-state index contributed by atoms with van der Waals surface area (Å²) in [6.07, 6.45) is 1.68. The maximum absolute atomic E-state index is 12.2. The molecule has 4 aromatic rings. The third-order valence-corrected chi connectivity index (χ3v) is 5.16. The van der Waals surface area contributed by atoms with Crippen molar-refractivity contribution in [3.05, 3.63) is 58.9 Å². The predicted octanol–water partition coefficient (Wildman–Crippen LogP) is 3.86. The molecular formula is C17H14N4O2S2. The Balaban J connectivity index is 1.37. The zero-order valence-corrected chi connectivity index (χ0v) is 14.7. The van der Waals surface area contributed by atoms with Gasteiger partial charge in [-0.1, -0.05) is 30.0 Å². The van der Waals surface area contributed by atoms with Crippen molar-refractivity contribution in [2.75, 3.05) is 11.1 Å². The van der Waals surface area contributed by atoms with E-state index in [-0.39, 0.29) is 11.7 Å². The smallest absolute Gasteiger partial charge is 0.257 e. The molecule has 0 atom stereocenters. The Morgan fingerprint density at radius 1 is 1.24 bits per heavy atom. The van der Waals surface area contributed by atoms with Gasteiger partial charge in [0.05, 0.1) is 18.5 Å². The van der Waals surface area contributed by atoms with E-state index in [1.165, 1.54) is 16.6 Å². The number of hydrogen-bond acceptors (Lipinski definition) is 6. The first-order valence-corrected chi connectivity index (χ1v) is 9.47. The minimum absolute atomic E-state index is 0.125. The van der Waals surface area contributed by atoms with Crippen molar-refractivity contribution in [1.82, 2.24) is 14.8 Å². The van der Waals surface area contributed by atoms with E-state index in [9.17, 15) is 4.79 Å². The zero-order chi connectivity index (χ0) is 17.1. The van der Waals surface area contributed by atoms with Crippen LogP contribution in [0.15, 0.2) is 63.7 Å². The van der Waals surface area contributed by atoms with Gasteiger partial charge in [0.15, 0.2) is 5.58 Å². The molecule has 0 saturated heterocycles. The van der Waals surface area contributed by atoms with Crippen LogP contribution in [0.2, 0.25) is 0 Å².